The molecule has 106 valence electrons. The Labute approximate surface area is 139 Å². The highest BCUT2D eigenvalue weighted by Gasteiger charge is 2.17. The van der Waals surface area contributed by atoms with E-state index in [1.807, 2.05) is 30.5 Å². The molecule has 0 saturated carbocycles. The van der Waals surface area contributed by atoms with Crippen LogP contribution in [0.1, 0.15) is 21.5 Å². The highest BCUT2D eigenvalue weighted by Crippen LogP contribution is 2.25. The van der Waals surface area contributed by atoms with Gasteiger partial charge in [0.1, 0.15) is 0 Å². The van der Waals surface area contributed by atoms with Crippen molar-refractivity contribution in [1.29, 1.82) is 0 Å². The molecule has 20 heavy (non-hydrogen) atoms. The SMILES string of the molecule is Cc1c(N)cc(Br)cc1C(=O)N(C)Cc1csc(Br)c1. The molecule has 6 heteroatoms. The molecule has 1 heterocycles. The third-order valence-electron chi connectivity index (χ3n) is 3.03. The van der Waals surface area contributed by atoms with Gasteiger partial charge < -0.3 is 10.6 Å². The topological polar surface area (TPSA) is 46.3 Å². The lowest BCUT2D eigenvalue weighted by Crippen LogP contribution is -2.27. The second-order valence-corrected chi connectivity index (χ2v) is 7.79. The predicted molar refractivity (Wildman–Crippen MR) is 91.1 cm³/mol. The summed E-state index contributed by atoms with van der Waals surface area (Å²) >= 11 is 8.42. The van der Waals surface area contributed by atoms with Crippen molar-refractivity contribution >= 4 is 54.8 Å². The van der Waals surface area contributed by atoms with Gasteiger partial charge in [0.05, 0.1) is 3.79 Å². The summed E-state index contributed by atoms with van der Waals surface area (Å²) in [6.07, 6.45) is 0. The van der Waals surface area contributed by atoms with Crippen LogP contribution in [0.3, 0.4) is 0 Å². The molecule has 0 saturated heterocycles. The average molecular weight is 418 g/mol. The van der Waals surface area contributed by atoms with Gasteiger partial charge >= 0.3 is 0 Å². The number of carbonyl (C=O) groups excluding carboxylic acids is 1. The number of hydrogen-bond acceptors (Lipinski definition) is 3. The normalized spacial score (nSPS) is 10.6. The maximum absolute atomic E-state index is 12.5. The Morgan fingerprint density at radius 3 is 2.65 bits per heavy atom. The van der Waals surface area contributed by atoms with Crippen molar-refractivity contribution in [2.45, 2.75) is 13.5 Å². The second kappa shape index (κ2) is 6.28. The number of rotatable bonds is 3. The number of anilines is 1. The molecule has 3 nitrogen and oxygen atoms in total. The summed E-state index contributed by atoms with van der Waals surface area (Å²) in [5, 5.41) is 2.04. The monoisotopic (exact) mass is 416 g/mol. The number of amides is 1. The van der Waals surface area contributed by atoms with E-state index in [1.54, 1.807) is 23.3 Å². The van der Waals surface area contributed by atoms with Crippen LogP contribution in [-0.4, -0.2) is 17.9 Å². The molecule has 0 aliphatic heterocycles. The van der Waals surface area contributed by atoms with Crippen LogP contribution >= 0.6 is 43.2 Å². The number of nitrogens with two attached hydrogens (primary N) is 1. The number of thiophene rings is 1. The fourth-order valence-electron chi connectivity index (χ4n) is 1.90. The average Bonchev–Trinajstić information content (AvgIpc) is 2.78. The molecule has 0 aliphatic carbocycles. The van der Waals surface area contributed by atoms with Gasteiger partial charge in [0, 0.05) is 29.3 Å². The van der Waals surface area contributed by atoms with E-state index in [4.69, 9.17) is 5.73 Å². The Hall–Kier alpha value is -0.850. The van der Waals surface area contributed by atoms with Crippen LogP contribution in [-0.2, 0) is 6.54 Å². The summed E-state index contributed by atoms with van der Waals surface area (Å²) in [4.78, 5) is 14.2. The number of hydrogen-bond donors (Lipinski definition) is 1. The van der Waals surface area contributed by atoms with Crippen LogP contribution in [0.4, 0.5) is 5.69 Å². The minimum absolute atomic E-state index is 0.0298. The zero-order valence-corrected chi connectivity index (χ0v) is 15.1. The smallest absolute Gasteiger partial charge is 0.254 e. The molecule has 1 aromatic heterocycles. The Morgan fingerprint density at radius 2 is 2.05 bits per heavy atom. The number of benzene rings is 1. The lowest BCUT2D eigenvalue weighted by atomic mass is 10.1. The molecule has 1 amide bonds. The van der Waals surface area contributed by atoms with E-state index < -0.39 is 0 Å². The molecule has 0 radical (unpaired) electrons. The Kier molecular flexibility index (Phi) is 4.88. The maximum Gasteiger partial charge on any atom is 0.254 e. The van der Waals surface area contributed by atoms with Crippen molar-refractivity contribution < 1.29 is 4.79 Å². The van der Waals surface area contributed by atoms with Crippen LogP contribution < -0.4 is 5.73 Å². The first-order valence-electron chi connectivity index (χ1n) is 5.92. The summed E-state index contributed by atoms with van der Waals surface area (Å²) in [6.45, 7) is 2.44. The zero-order chi connectivity index (χ0) is 14.9. The van der Waals surface area contributed by atoms with Crippen LogP contribution in [0, 0.1) is 6.92 Å². The lowest BCUT2D eigenvalue weighted by Gasteiger charge is -2.18. The van der Waals surface area contributed by atoms with Gasteiger partial charge in [-0.25, -0.2) is 0 Å². The van der Waals surface area contributed by atoms with Crippen LogP contribution in [0.2, 0.25) is 0 Å². The maximum atomic E-state index is 12.5. The molecule has 0 atom stereocenters. The first-order chi connectivity index (χ1) is 9.38. The van der Waals surface area contributed by atoms with Crippen molar-refractivity contribution in [1.82, 2.24) is 4.90 Å². The highest BCUT2D eigenvalue weighted by molar-refractivity contribution is 9.11. The number of halogens is 2. The van der Waals surface area contributed by atoms with Crippen LogP contribution in [0.25, 0.3) is 0 Å². The third-order valence-corrected chi connectivity index (χ3v) is 5.04. The summed E-state index contributed by atoms with van der Waals surface area (Å²) in [6, 6.07) is 5.65. The molecule has 0 fully saturated rings. The van der Waals surface area contributed by atoms with E-state index in [2.05, 4.69) is 31.9 Å². The van der Waals surface area contributed by atoms with Gasteiger partial charge in [-0.3, -0.25) is 4.79 Å². The largest absolute Gasteiger partial charge is 0.398 e. The summed E-state index contributed by atoms with van der Waals surface area (Å²) in [5.74, 6) is -0.0298. The van der Waals surface area contributed by atoms with E-state index in [-0.39, 0.29) is 5.91 Å². The predicted octanol–water partition coefficient (Wildman–Crippen LogP) is 4.44. The molecular weight excluding hydrogens is 404 g/mol. The Morgan fingerprint density at radius 1 is 1.35 bits per heavy atom. The van der Waals surface area contributed by atoms with Gasteiger partial charge in [0.25, 0.3) is 5.91 Å². The molecule has 1 aromatic carbocycles. The highest BCUT2D eigenvalue weighted by atomic mass is 79.9. The van der Waals surface area contributed by atoms with Gasteiger partial charge in [-0.15, -0.1) is 11.3 Å². The molecule has 0 aliphatic rings. The van der Waals surface area contributed by atoms with Crippen molar-refractivity contribution in [3.63, 3.8) is 0 Å². The minimum atomic E-state index is -0.0298. The number of carbonyl (C=O) groups is 1. The second-order valence-electron chi connectivity index (χ2n) is 4.59. The molecule has 0 bridgehead atoms. The summed E-state index contributed by atoms with van der Waals surface area (Å²) < 4.78 is 1.88. The zero-order valence-electron chi connectivity index (χ0n) is 11.1. The van der Waals surface area contributed by atoms with Crippen molar-refractivity contribution in [2.75, 3.05) is 12.8 Å². The molecule has 0 spiro atoms. The fourth-order valence-corrected chi connectivity index (χ4v) is 3.58. The van der Waals surface area contributed by atoms with Crippen LogP contribution in [0.15, 0.2) is 31.8 Å². The van der Waals surface area contributed by atoms with Gasteiger partial charge in [0.15, 0.2) is 0 Å². The van der Waals surface area contributed by atoms with Crippen molar-refractivity contribution in [3.05, 3.63) is 48.5 Å². The minimum Gasteiger partial charge on any atom is -0.398 e. The Balaban J connectivity index is 2.22. The first-order valence-corrected chi connectivity index (χ1v) is 8.39. The van der Waals surface area contributed by atoms with E-state index in [0.29, 0.717) is 17.8 Å². The molecule has 2 rings (SSSR count). The number of nitrogens with zero attached hydrogens (tertiary/aromatic N) is 1. The standard InChI is InChI=1S/C14H14Br2N2OS/c1-8-11(4-10(15)5-12(8)17)14(19)18(2)6-9-3-13(16)20-7-9/h3-5,7H,6,17H2,1-2H3. The first kappa shape index (κ1) is 15.5. The van der Waals surface area contributed by atoms with E-state index in [9.17, 15) is 4.79 Å². The van der Waals surface area contributed by atoms with Crippen molar-refractivity contribution in [3.8, 4) is 0 Å². The van der Waals surface area contributed by atoms with Gasteiger partial charge in [-0.2, -0.15) is 0 Å². The van der Waals surface area contributed by atoms with E-state index >= 15 is 0 Å². The molecule has 2 aromatic rings. The van der Waals surface area contributed by atoms with Gasteiger partial charge in [0.2, 0.25) is 0 Å². The van der Waals surface area contributed by atoms with Crippen LogP contribution in [0.5, 0.6) is 0 Å². The molecule has 0 unspecified atom stereocenters. The quantitative estimate of drug-likeness (QED) is 0.750. The summed E-state index contributed by atoms with van der Waals surface area (Å²) in [7, 11) is 1.80. The molecule has 2 N–H and O–H groups in total. The van der Waals surface area contributed by atoms with E-state index in [1.165, 1.54) is 0 Å². The fraction of sp³-hybridized carbons (Fsp3) is 0.214. The van der Waals surface area contributed by atoms with E-state index in [0.717, 1.165) is 19.4 Å². The van der Waals surface area contributed by atoms with Gasteiger partial charge in [-0.05, 0) is 57.6 Å². The van der Waals surface area contributed by atoms with Crippen molar-refractivity contribution in [2.24, 2.45) is 0 Å². The Bertz CT molecular complexity index is 655. The third kappa shape index (κ3) is 3.42. The van der Waals surface area contributed by atoms with Gasteiger partial charge in [-0.1, -0.05) is 15.9 Å². The number of nitrogen functional groups attached to an aromatic ring is 1. The summed E-state index contributed by atoms with van der Waals surface area (Å²) in [5.41, 5.74) is 9.09. The molecular formula is C14H14Br2N2OS. The lowest BCUT2D eigenvalue weighted by molar-refractivity contribution is 0.0784.